The van der Waals surface area contributed by atoms with Gasteiger partial charge in [-0.25, -0.2) is 4.39 Å². The first-order valence-electron chi connectivity index (χ1n) is 18.8. The van der Waals surface area contributed by atoms with Crippen LogP contribution in [-0.4, -0.2) is 5.67 Å². The number of halogens is 1. The second-order valence-electron chi connectivity index (χ2n) is 24.1. The van der Waals surface area contributed by atoms with Gasteiger partial charge >= 0.3 is 0 Å². The molecule has 13 rings (SSSR count). The zero-order chi connectivity index (χ0) is 31.7. The van der Waals surface area contributed by atoms with E-state index in [0.29, 0.717) is 21.7 Å². The molecule has 0 nitrogen and oxygen atoms in total. The highest BCUT2D eigenvalue weighted by molar-refractivity contribution is 5.92. The Morgan fingerprint density at radius 3 is 1.19 bits per heavy atom. The number of hydrogen-bond donors (Lipinski definition) is 0. The van der Waals surface area contributed by atoms with E-state index < -0.39 is 5.67 Å². The lowest BCUT2D eigenvalue weighted by molar-refractivity contribution is -1.00. The fourth-order valence-corrected chi connectivity index (χ4v) is 31.3. The molecular formula is C42H59F. The Hall–Kier alpha value is -0.0700. The molecule has 13 aliphatic carbocycles. The molecule has 20 atom stereocenters. The van der Waals surface area contributed by atoms with Crippen LogP contribution in [0.15, 0.2) is 0 Å². The van der Waals surface area contributed by atoms with Crippen LogP contribution in [0.5, 0.6) is 0 Å². The second kappa shape index (κ2) is 4.04. The summed E-state index contributed by atoms with van der Waals surface area (Å²) < 4.78 is 20.2. The monoisotopic (exact) mass is 582 g/mol. The minimum atomic E-state index is -1.06. The largest absolute Gasteiger partial charge is 0.242 e. The van der Waals surface area contributed by atoms with Crippen LogP contribution in [0.1, 0.15) is 132 Å². The molecule has 0 aromatic heterocycles. The van der Waals surface area contributed by atoms with Gasteiger partial charge in [-0.2, -0.15) is 0 Å². The van der Waals surface area contributed by atoms with E-state index >= 15 is 4.39 Å². The number of fused-ring (bicyclic) bond motifs is 9. The molecule has 0 N–H and O–H groups in total. The molecule has 13 aliphatic rings. The fraction of sp³-hybridized carbons (Fsp3) is 1.00. The average molecular weight is 583 g/mol. The van der Waals surface area contributed by atoms with Crippen LogP contribution in [0.25, 0.3) is 0 Å². The van der Waals surface area contributed by atoms with Gasteiger partial charge in [-0.05, 0) is 93.1 Å². The van der Waals surface area contributed by atoms with Crippen molar-refractivity contribution < 1.29 is 4.39 Å². The molecular weight excluding hydrogens is 523 g/mol. The van der Waals surface area contributed by atoms with Crippen molar-refractivity contribution in [2.45, 2.75) is 137 Å². The molecule has 20 unspecified atom stereocenters. The lowest BCUT2D eigenvalue weighted by Gasteiger charge is -3.44. The van der Waals surface area contributed by atoms with E-state index in [1.807, 2.05) is 0 Å². The van der Waals surface area contributed by atoms with Gasteiger partial charge in [0, 0.05) is 27.1 Å². The first-order valence-corrected chi connectivity index (χ1v) is 18.8. The smallest absolute Gasteiger partial charge is 0.131 e. The van der Waals surface area contributed by atoms with Gasteiger partial charge < -0.3 is 0 Å². The van der Waals surface area contributed by atoms with Gasteiger partial charge in [0.25, 0.3) is 0 Å². The summed E-state index contributed by atoms with van der Waals surface area (Å²) in [6, 6.07) is 0. The van der Waals surface area contributed by atoms with Gasteiger partial charge in [0.05, 0.1) is 0 Å². The topological polar surface area (TPSA) is 0 Å². The summed E-state index contributed by atoms with van der Waals surface area (Å²) in [6.07, 6.45) is 0. The van der Waals surface area contributed by atoms with Crippen molar-refractivity contribution in [3.8, 4) is 0 Å². The molecule has 0 saturated heterocycles. The Balaban J connectivity index is 1.23. The first kappa shape index (κ1) is 25.0. The Kier molecular flexibility index (Phi) is 2.35. The molecule has 0 aromatic rings. The molecule has 1 heteroatoms. The molecule has 43 heavy (non-hydrogen) atoms. The molecule has 0 aromatic carbocycles. The van der Waals surface area contributed by atoms with Crippen molar-refractivity contribution in [3.63, 3.8) is 0 Å². The van der Waals surface area contributed by atoms with Crippen LogP contribution in [0.2, 0.25) is 0 Å². The maximum atomic E-state index is 20.2. The van der Waals surface area contributed by atoms with Crippen molar-refractivity contribution in [3.05, 3.63) is 0 Å². The van der Waals surface area contributed by atoms with Crippen LogP contribution in [0.3, 0.4) is 0 Å². The molecule has 13 fully saturated rings. The normalized spacial score (nSPS) is 93.5. The molecule has 0 radical (unpaired) electrons. The van der Waals surface area contributed by atoms with Gasteiger partial charge in [0.1, 0.15) is 5.67 Å². The van der Waals surface area contributed by atoms with Crippen LogP contribution >= 0.6 is 0 Å². The predicted octanol–water partition coefficient (Wildman–Crippen LogP) is 10.2. The highest BCUT2D eigenvalue weighted by Crippen LogP contribution is 3.47. The second-order valence-corrected chi connectivity index (χ2v) is 24.1. The summed E-state index contributed by atoms with van der Waals surface area (Å²) in [5, 5.41) is 0. The third-order valence-electron chi connectivity index (χ3n) is 29.7. The predicted molar refractivity (Wildman–Crippen MR) is 167 cm³/mol. The van der Waals surface area contributed by atoms with Crippen molar-refractivity contribution in [1.82, 2.24) is 0 Å². The van der Waals surface area contributed by atoms with Gasteiger partial charge in [0.15, 0.2) is 0 Å². The maximum Gasteiger partial charge on any atom is 0.131 e. The van der Waals surface area contributed by atoms with E-state index in [1.165, 1.54) is 0 Å². The standard InChI is InChI=1S/C42H59F/c1-20-21(2)36-24(7,8)29(13)35(19)40-32(16,30(14,25(20,36)9)38(29,36)40)33(17)31(15)27(11)22(3,4)26(10)23(5,6)28(12)34(18)39(31,37(26,27)28)41(33,40)42(34,35)43/h20-21H,1-19H3. The Morgan fingerprint density at radius 2 is 0.698 bits per heavy atom. The van der Waals surface area contributed by atoms with Crippen molar-refractivity contribution in [1.29, 1.82) is 0 Å². The van der Waals surface area contributed by atoms with Crippen molar-refractivity contribution in [2.75, 3.05) is 0 Å². The van der Waals surface area contributed by atoms with E-state index in [9.17, 15) is 0 Å². The molecule has 6 spiro atoms. The van der Waals surface area contributed by atoms with E-state index in [2.05, 4.69) is 132 Å². The van der Waals surface area contributed by atoms with Gasteiger partial charge in [-0.15, -0.1) is 0 Å². The minimum absolute atomic E-state index is 0.0492. The lowest BCUT2D eigenvalue weighted by atomic mass is 8.58. The van der Waals surface area contributed by atoms with Crippen molar-refractivity contribution >= 4 is 0 Å². The van der Waals surface area contributed by atoms with Gasteiger partial charge in [-0.1, -0.05) is 132 Å². The molecule has 234 valence electrons. The number of rotatable bonds is 0. The minimum Gasteiger partial charge on any atom is -0.242 e. The van der Waals surface area contributed by atoms with Crippen LogP contribution in [-0.2, 0) is 0 Å². The Labute approximate surface area is 261 Å². The number of hydrogen-bond acceptors (Lipinski definition) is 0. The first-order chi connectivity index (χ1) is 19.1. The van der Waals surface area contributed by atoms with Crippen LogP contribution in [0, 0.1) is 120 Å². The summed E-state index contributed by atoms with van der Waals surface area (Å²) in [4.78, 5) is 0. The van der Waals surface area contributed by atoms with E-state index in [0.717, 1.165) is 11.8 Å². The molecule has 0 bridgehead atoms. The number of alkyl halides is 1. The Morgan fingerprint density at radius 1 is 0.326 bits per heavy atom. The van der Waals surface area contributed by atoms with Crippen molar-refractivity contribution in [2.24, 2.45) is 120 Å². The molecule has 0 amide bonds. The molecule has 0 aliphatic heterocycles. The summed E-state index contributed by atoms with van der Waals surface area (Å²) >= 11 is 0. The average Bonchev–Trinajstić information content (AvgIpc) is 2.93. The van der Waals surface area contributed by atoms with Gasteiger partial charge in [0.2, 0.25) is 0 Å². The highest BCUT2D eigenvalue weighted by atomic mass is 19.1. The maximum absolute atomic E-state index is 20.2. The highest BCUT2D eigenvalue weighted by Gasteiger charge is 3.48. The lowest BCUT2D eigenvalue weighted by Crippen LogP contribution is -3.45. The summed E-state index contributed by atoms with van der Waals surface area (Å²) in [5.74, 6) is 1.50. The van der Waals surface area contributed by atoms with Crippen LogP contribution in [0.4, 0.5) is 4.39 Å². The third-order valence-corrected chi connectivity index (χ3v) is 29.7. The molecule has 0 heterocycles. The van der Waals surface area contributed by atoms with E-state index in [4.69, 9.17) is 0 Å². The van der Waals surface area contributed by atoms with E-state index in [-0.39, 0.29) is 86.6 Å². The summed E-state index contributed by atoms with van der Waals surface area (Å²) in [5.41, 5.74) is 2.01. The third kappa shape index (κ3) is 0.724. The molecule has 13 saturated carbocycles. The fourth-order valence-electron chi connectivity index (χ4n) is 31.3. The zero-order valence-corrected chi connectivity index (χ0v) is 31.0. The Bertz CT molecular complexity index is 1850. The zero-order valence-electron chi connectivity index (χ0n) is 31.0. The van der Waals surface area contributed by atoms with Crippen LogP contribution < -0.4 is 0 Å². The van der Waals surface area contributed by atoms with Gasteiger partial charge in [-0.3, -0.25) is 0 Å². The van der Waals surface area contributed by atoms with E-state index in [1.54, 1.807) is 0 Å². The quantitative estimate of drug-likeness (QED) is 0.267. The summed E-state index contributed by atoms with van der Waals surface area (Å²) in [7, 11) is 0. The SMILES string of the molecule is CC1C(C)C23C(C)(C)C4(C)C5(C)C6(F)C7(C)C8(C)C(C)(C)C9(C)C(C)(C)C%10(C)C%11(C)C%12(C)C%13(C)C(C)(C12C)C43C%135C%126C%117C9%108. The summed E-state index contributed by atoms with van der Waals surface area (Å²) in [6.45, 7) is 51.2.